The third-order valence-electron chi connectivity index (χ3n) is 3.00. The van der Waals surface area contributed by atoms with Crippen molar-refractivity contribution < 1.29 is 0 Å². The Hall–Kier alpha value is -1.56. The normalized spacial score (nSPS) is 8.27. The van der Waals surface area contributed by atoms with Gasteiger partial charge in [0.05, 0.1) is 0 Å². The van der Waals surface area contributed by atoms with E-state index in [1.165, 1.54) is 24.0 Å². The van der Waals surface area contributed by atoms with E-state index in [9.17, 15) is 0 Å². The van der Waals surface area contributed by atoms with E-state index in [0.29, 0.717) is 0 Å². The second-order valence-corrected chi connectivity index (χ2v) is 4.68. The molecule has 0 radical (unpaired) electrons. The second kappa shape index (κ2) is 19.4. The van der Waals surface area contributed by atoms with E-state index in [-0.39, 0.29) is 0 Å². The topological polar surface area (TPSA) is 0 Å². The molecule has 124 valence electrons. The first-order valence-electron chi connectivity index (χ1n) is 8.86. The smallest absolute Gasteiger partial charge is 0.0307 e. The van der Waals surface area contributed by atoms with Gasteiger partial charge in [0.1, 0.15) is 0 Å². The largest absolute Gasteiger partial charge is 0.0683 e. The van der Waals surface area contributed by atoms with E-state index in [4.69, 9.17) is 0 Å². The lowest BCUT2D eigenvalue weighted by Gasteiger charge is -1.89. The summed E-state index contributed by atoms with van der Waals surface area (Å²) < 4.78 is 0. The number of benzene rings is 2. The molecule has 2 aromatic carbocycles. The highest BCUT2D eigenvalue weighted by Crippen LogP contribution is 1.97. The quantitative estimate of drug-likeness (QED) is 0.556. The second-order valence-electron chi connectivity index (χ2n) is 4.68. The summed E-state index contributed by atoms with van der Waals surface area (Å²) in [6.45, 7) is 12.7. The van der Waals surface area contributed by atoms with Gasteiger partial charge in [-0.15, -0.1) is 0 Å². The first-order chi connectivity index (χ1) is 10.8. The Balaban J connectivity index is 0. The number of hydrogen-bond donors (Lipinski definition) is 0. The van der Waals surface area contributed by atoms with Crippen LogP contribution >= 0.6 is 0 Å². The molecule has 0 heterocycles. The van der Waals surface area contributed by atoms with Gasteiger partial charge < -0.3 is 0 Å². The van der Waals surface area contributed by atoms with Gasteiger partial charge >= 0.3 is 0 Å². The van der Waals surface area contributed by atoms with Crippen molar-refractivity contribution in [1.82, 2.24) is 0 Å². The van der Waals surface area contributed by atoms with Crippen molar-refractivity contribution in [3.05, 3.63) is 71.8 Å². The van der Waals surface area contributed by atoms with Crippen molar-refractivity contribution in [2.75, 3.05) is 0 Å². The molecule has 0 saturated carbocycles. The minimum Gasteiger partial charge on any atom is -0.0683 e. The first-order valence-corrected chi connectivity index (χ1v) is 8.86. The average molecular weight is 301 g/mol. The van der Waals surface area contributed by atoms with Crippen LogP contribution in [0.25, 0.3) is 0 Å². The molecule has 0 bridgehead atoms. The molecule has 0 amide bonds. The Morgan fingerprint density at radius 3 is 0.909 bits per heavy atom. The van der Waals surface area contributed by atoms with Gasteiger partial charge in [-0.2, -0.15) is 0 Å². The maximum absolute atomic E-state index is 2.18. The average Bonchev–Trinajstić information content (AvgIpc) is 2.65. The fraction of sp³-hybridized carbons (Fsp3) is 0.455. The summed E-state index contributed by atoms with van der Waals surface area (Å²) in [5.74, 6) is 0. The molecular weight excluding hydrogens is 264 g/mol. The fourth-order valence-corrected chi connectivity index (χ4v) is 1.43. The molecular formula is C22H36. The molecule has 0 atom stereocenters. The van der Waals surface area contributed by atoms with E-state index in [2.05, 4.69) is 76.2 Å². The van der Waals surface area contributed by atoms with Crippen LogP contribution in [0.5, 0.6) is 0 Å². The molecule has 0 nitrogen and oxygen atoms in total. The van der Waals surface area contributed by atoms with Gasteiger partial charge in [-0.25, -0.2) is 0 Å². The van der Waals surface area contributed by atoms with E-state index in [1.807, 2.05) is 26.0 Å². The Morgan fingerprint density at radius 2 is 0.773 bits per heavy atom. The van der Waals surface area contributed by atoms with Crippen molar-refractivity contribution in [2.45, 2.75) is 67.2 Å². The molecule has 22 heavy (non-hydrogen) atoms. The van der Waals surface area contributed by atoms with Gasteiger partial charge in [-0.05, 0) is 24.0 Å². The Labute approximate surface area is 139 Å². The Bertz CT molecular complexity index is 347. The summed E-state index contributed by atoms with van der Waals surface area (Å²) in [7, 11) is 0. The van der Waals surface area contributed by atoms with Crippen LogP contribution in [-0.4, -0.2) is 0 Å². The van der Waals surface area contributed by atoms with Crippen LogP contribution in [0, 0.1) is 0 Å². The Kier molecular flexibility index (Phi) is 20.1. The summed E-state index contributed by atoms with van der Waals surface area (Å²) in [5, 5.41) is 0. The minimum absolute atomic E-state index is 1.14. The lowest BCUT2D eigenvalue weighted by atomic mass is 10.2. The first kappa shape index (κ1) is 22.7. The Morgan fingerprint density at radius 1 is 0.500 bits per heavy atom. The lowest BCUT2D eigenvalue weighted by molar-refractivity contribution is 0.886. The van der Waals surface area contributed by atoms with Crippen LogP contribution in [0.3, 0.4) is 0 Å². The van der Waals surface area contributed by atoms with Gasteiger partial charge in [0.25, 0.3) is 0 Å². The third-order valence-corrected chi connectivity index (χ3v) is 3.00. The predicted octanol–water partition coefficient (Wildman–Crippen LogP) is 7.33. The maximum atomic E-state index is 2.18. The van der Waals surface area contributed by atoms with E-state index >= 15 is 0 Å². The highest BCUT2D eigenvalue weighted by Gasteiger charge is 1.80. The number of aryl methyl sites for hydroxylation is 2. The van der Waals surface area contributed by atoms with Crippen LogP contribution in [-0.2, 0) is 12.8 Å². The predicted molar refractivity (Wildman–Crippen MR) is 104 cm³/mol. The lowest BCUT2D eigenvalue weighted by Crippen LogP contribution is -1.73. The summed E-state index contributed by atoms with van der Waals surface area (Å²) >= 11 is 0. The van der Waals surface area contributed by atoms with E-state index < -0.39 is 0 Å². The van der Waals surface area contributed by atoms with Crippen molar-refractivity contribution in [1.29, 1.82) is 0 Å². The van der Waals surface area contributed by atoms with Gasteiger partial charge in [-0.1, -0.05) is 115 Å². The molecule has 0 heteroatoms. The van der Waals surface area contributed by atoms with Crippen LogP contribution < -0.4 is 0 Å². The standard InChI is InChI=1S/2C8H10.C4H10.C2H6/c2*1-2-8-6-4-3-5-7-8;1-3-4-2;1-2/h2*3-7H,2H2,1H3;3-4H2,1-2H3;1-2H3. The molecule has 0 aliphatic heterocycles. The fourth-order valence-electron chi connectivity index (χ4n) is 1.43. The zero-order chi connectivity index (χ0) is 17.1. The number of unbranched alkanes of at least 4 members (excludes halogenated alkanes) is 1. The molecule has 0 aliphatic rings. The summed E-state index contributed by atoms with van der Waals surface area (Å²) in [6.07, 6.45) is 4.92. The zero-order valence-corrected chi connectivity index (χ0v) is 15.6. The zero-order valence-electron chi connectivity index (χ0n) is 15.6. The molecule has 0 unspecified atom stereocenters. The monoisotopic (exact) mass is 300 g/mol. The molecule has 0 spiro atoms. The van der Waals surface area contributed by atoms with E-state index in [1.54, 1.807) is 0 Å². The van der Waals surface area contributed by atoms with Crippen LogP contribution in [0.4, 0.5) is 0 Å². The summed E-state index contributed by atoms with van der Waals surface area (Å²) in [6, 6.07) is 20.9. The van der Waals surface area contributed by atoms with Gasteiger partial charge in [-0.3, -0.25) is 0 Å². The minimum atomic E-state index is 1.14. The molecule has 2 aromatic rings. The van der Waals surface area contributed by atoms with Gasteiger partial charge in [0, 0.05) is 0 Å². The van der Waals surface area contributed by atoms with Crippen LogP contribution in [0.15, 0.2) is 60.7 Å². The van der Waals surface area contributed by atoms with Crippen LogP contribution in [0.1, 0.15) is 65.5 Å². The van der Waals surface area contributed by atoms with Gasteiger partial charge in [0.15, 0.2) is 0 Å². The summed E-state index contributed by atoms with van der Waals surface area (Å²) in [5.41, 5.74) is 2.82. The maximum Gasteiger partial charge on any atom is -0.0307 e. The SMILES string of the molecule is CC.CCCC.CCc1ccccc1.CCc1ccccc1. The highest BCUT2D eigenvalue weighted by molar-refractivity contribution is 5.14. The van der Waals surface area contributed by atoms with Crippen LogP contribution in [0.2, 0.25) is 0 Å². The molecule has 0 saturated heterocycles. The molecule has 0 aromatic heterocycles. The molecule has 0 N–H and O–H groups in total. The molecule has 2 rings (SSSR count). The van der Waals surface area contributed by atoms with Gasteiger partial charge in [0.2, 0.25) is 0 Å². The molecule has 0 aliphatic carbocycles. The van der Waals surface area contributed by atoms with Crippen molar-refractivity contribution >= 4 is 0 Å². The van der Waals surface area contributed by atoms with E-state index in [0.717, 1.165) is 12.8 Å². The third kappa shape index (κ3) is 14.8. The number of hydrogen-bond acceptors (Lipinski definition) is 0. The molecule has 0 fully saturated rings. The van der Waals surface area contributed by atoms with Crippen molar-refractivity contribution in [2.24, 2.45) is 0 Å². The summed E-state index contributed by atoms with van der Waals surface area (Å²) in [4.78, 5) is 0. The number of rotatable bonds is 3. The van der Waals surface area contributed by atoms with Crippen molar-refractivity contribution in [3.8, 4) is 0 Å². The van der Waals surface area contributed by atoms with Crippen molar-refractivity contribution in [3.63, 3.8) is 0 Å². The highest BCUT2D eigenvalue weighted by atomic mass is 13.9.